The zero-order valence-electron chi connectivity index (χ0n) is 13.9. The molecule has 0 fully saturated rings. The molecule has 1 heterocycles. The summed E-state index contributed by atoms with van der Waals surface area (Å²) in [5.74, 6) is 0.400. The summed E-state index contributed by atoms with van der Waals surface area (Å²) in [5, 5.41) is 0. The van der Waals surface area contributed by atoms with Gasteiger partial charge < -0.3 is 4.57 Å². The molecule has 1 unspecified atom stereocenters. The van der Waals surface area contributed by atoms with Crippen molar-refractivity contribution in [3.8, 4) is 0 Å². The van der Waals surface area contributed by atoms with Crippen LogP contribution in [0.2, 0.25) is 0 Å². The largest absolute Gasteiger partial charge is 0.350 e. The summed E-state index contributed by atoms with van der Waals surface area (Å²) >= 11 is 0. The van der Waals surface area contributed by atoms with E-state index in [1.165, 1.54) is 0 Å². The second kappa shape index (κ2) is 5.92. The van der Waals surface area contributed by atoms with E-state index in [9.17, 15) is 8.42 Å². The summed E-state index contributed by atoms with van der Waals surface area (Å²) in [6, 6.07) is 1.91. The summed E-state index contributed by atoms with van der Waals surface area (Å²) in [6.45, 7) is 10.4. The number of hydrogen-bond donors (Lipinski definition) is 0. The van der Waals surface area contributed by atoms with Crippen LogP contribution >= 0.6 is 0 Å². The SMILES string of the molecule is CC(C)n1ccc(S(=O)(=O)C2=CC=CC(C)(C(C)C)C=C2)c1. The van der Waals surface area contributed by atoms with Crippen LogP contribution < -0.4 is 0 Å². The van der Waals surface area contributed by atoms with Gasteiger partial charge >= 0.3 is 0 Å². The number of rotatable bonds is 4. The average Bonchev–Trinajstić information content (AvgIpc) is 2.84. The van der Waals surface area contributed by atoms with Crippen molar-refractivity contribution >= 4 is 9.84 Å². The molecule has 0 saturated heterocycles. The monoisotopic (exact) mass is 319 g/mol. The van der Waals surface area contributed by atoms with Gasteiger partial charge in [0, 0.05) is 23.9 Å². The molecule has 0 aliphatic heterocycles. The van der Waals surface area contributed by atoms with E-state index < -0.39 is 9.84 Å². The Morgan fingerprint density at radius 2 is 1.82 bits per heavy atom. The van der Waals surface area contributed by atoms with Crippen molar-refractivity contribution in [1.29, 1.82) is 0 Å². The number of nitrogens with zero attached hydrogens (tertiary/aromatic N) is 1. The molecule has 1 aromatic heterocycles. The summed E-state index contributed by atoms with van der Waals surface area (Å²) in [5.41, 5.74) is -0.127. The van der Waals surface area contributed by atoms with Gasteiger partial charge in [0.1, 0.15) is 0 Å². The third-order valence-corrected chi connectivity index (χ3v) is 6.23. The van der Waals surface area contributed by atoms with E-state index in [1.54, 1.807) is 24.4 Å². The molecule has 120 valence electrons. The van der Waals surface area contributed by atoms with Crippen LogP contribution in [0.5, 0.6) is 0 Å². The van der Waals surface area contributed by atoms with Crippen molar-refractivity contribution < 1.29 is 8.42 Å². The molecule has 2 rings (SSSR count). The van der Waals surface area contributed by atoms with E-state index in [-0.39, 0.29) is 11.5 Å². The van der Waals surface area contributed by atoms with Crippen molar-refractivity contribution in [3.63, 3.8) is 0 Å². The molecule has 4 heteroatoms. The van der Waals surface area contributed by atoms with Crippen LogP contribution in [0, 0.1) is 11.3 Å². The van der Waals surface area contributed by atoms with Crippen LogP contribution in [0.3, 0.4) is 0 Å². The molecule has 0 saturated carbocycles. The molecule has 3 nitrogen and oxygen atoms in total. The number of aromatic nitrogens is 1. The normalized spacial score (nSPS) is 22.2. The topological polar surface area (TPSA) is 39.1 Å². The van der Waals surface area contributed by atoms with Crippen LogP contribution in [0.25, 0.3) is 0 Å². The number of hydrogen-bond acceptors (Lipinski definition) is 2. The Morgan fingerprint density at radius 3 is 2.36 bits per heavy atom. The van der Waals surface area contributed by atoms with Crippen molar-refractivity contribution in [1.82, 2.24) is 4.57 Å². The second-order valence-corrected chi connectivity index (χ2v) is 8.62. The van der Waals surface area contributed by atoms with Crippen LogP contribution in [0.1, 0.15) is 40.7 Å². The first-order valence-corrected chi connectivity index (χ1v) is 9.16. The van der Waals surface area contributed by atoms with E-state index in [0.717, 1.165) is 0 Å². The van der Waals surface area contributed by atoms with Crippen molar-refractivity contribution in [2.45, 2.75) is 45.6 Å². The Bertz CT molecular complexity index is 733. The molecule has 0 aromatic carbocycles. The molecule has 1 aliphatic rings. The quantitative estimate of drug-likeness (QED) is 0.818. The van der Waals surface area contributed by atoms with Crippen molar-refractivity contribution in [2.24, 2.45) is 11.3 Å². The van der Waals surface area contributed by atoms with Crippen LogP contribution in [0.15, 0.2) is 58.6 Å². The summed E-state index contributed by atoms with van der Waals surface area (Å²) < 4.78 is 27.5. The lowest BCUT2D eigenvalue weighted by molar-refractivity contribution is 0.383. The fraction of sp³-hybridized carbons (Fsp3) is 0.444. The molecule has 0 amide bonds. The maximum Gasteiger partial charge on any atom is 0.208 e. The summed E-state index contributed by atoms with van der Waals surface area (Å²) in [6.07, 6.45) is 12.8. The summed E-state index contributed by atoms with van der Waals surface area (Å²) in [7, 11) is -3.47. The van der Waals surface area contributed by atoms with Crippen LogP contribution in [-0.4, -0.2) is 13.0 Å². The molecule has 0 radical (unpaired) electrons. The van der Waals surface area contributed by atoms with Crippen molar-refractivity contribution in [3.05, 3.63) is 53.7 Å². The zero-order valence-corrected chi connectivity index (χ0v) is 14.8. The highest BCUT2D eigenvalue weighted by Crippen LogP contribution is 2.34. The third kappa shape index (κ3) is 3.12. The van der Waals surface area contributed by atoms with Gasteiger partial charge in [-0.2, -0.15) is 0 Å². The predicted octanol–water partition coefficient (Wildman–Crippen LogP) is 4.51. The first-order valence-electron chi connectivity index (χ1n) is 7.68. The molecular weight excluding hydrogens is 294 g/mol. The standard InChI is InChI=1S/C18H25NO2S/c1-14(2)18(5)10-6-7-16(8-11-18)22(20,21)17-9-12-19(13-17)15(3)4/h6-15H,1-5H3. The lowest BCUT2D eigenvalue weighted by Gasteiger charge is -2.26. The molecule has 1 atom stereocenters. The van der Waals surface area contributed by atoms with Gasteiger partial charge in [0.2, 0.25) is 9.84 Å². The molecule has 0 bridgehead atoms. The second-order valence-electron chi connectivity index (χ2n) is 6.67. The molecule has 0 N–H and O–H groups in total. The Labute approximate surface area is 134 Å². The predicted molar refractivity (Wildman–Crippen MR) is 91.3 cm³/mol. The number of sulfone groups is 1. The van der Waals surface area contributed by atoms with Gasteiger partial charge in [-0.05, 0) is 38.0 Å². The number of allylic oxidation sites excluding steroid dienone is 5. The van der Waals surface area contributed by atoms with E-state index >= 15 is 0 Å². The van der Waals surface area contributed by atoms with E-state index in [0.29, 0.717) is 15.7 Å². The van der Waals surface area contributed by atoms with Gasteiger partial charge in [-0.3, -0.25) is 0 Å². The molecule has 0 spiro atoms. The Kier molecular flexibility index (Phi) is 4.52. The van der Waals surface area contributed by atoms with E-state index in [1.807, 2.05) is 36.8 Å². The van der Waals surface area contributed by atoms with Crippen LogP contribution in [0.4, 0.5) is 0 Å². The molecule has 1 aromatic rings. The summed E-state index contributed by atoms with van der Waals surface area (Å²) in [4.78, 5) is 0.688. The van der Waals surface area contributed by atoms with Crippen LogP contribution in [-0.2, 0) is 9.84 Å². The smallest absolute Gasteiger partial charge is 0.208 e. The highest BCUT2D eigenvalue weighted by molar-refractivity contribution is 7.95. The highest BCUT2D eigenvalue weighted by atomic mass is 32.2. The lowest BCUT2D eigenvalue weighted by Crippen LogP contribution is -2.17. The van der Waals surface area contributed by atoms with Gasteiger partial charge in [-0.25, -0.2) is 8.42 Å². The Hall–Kier alpha value is -1.55. The fourth-order valence-corrected chi connectivity index (χ4v) is 3.57. The fourth-order valence-electron chi connectivity index (χ4n) is 2.30. The lowest BCUT2D eigenvalue weighted by atomic mass is 9.79. The van der Waals surface area contributed by atoms with Gasteiger partial charge in [-0.1, -0.05) is 39.0 Å². The highest BCUT2D eigenvalue weighted by Gasteiger charge is 2.26. The Balaban J connectivity index is 2.38. The molecular formula is C18H25NO2S. The maximum atomic E-state index is 12.8. The van der Waals surface area contributed by atoms with Gasteiger partial charge in [-0.15, -0.1) is 0 Å². The maximum absolute atomic E-state index is 12.8. The minimum atomic E-state index is -3.47. The minimum Gasteiger partial charge on any atom is -0.350 e. The molecule has 1 aliphatic carbocycles. The van der Waals surface area contributed by atoms with Crippen molar-refractivity contribution in [2.75, 3.05) is 0 Å². The first kappa shape index (κ1) is 16.8. The zero-order chi connectivity index (χ0) is 16.5. The Morgan fingerprint density at radius 1 is 1.14 bits per heavy atom. The van der Waals surface area contributed by atoms with E-state index in [4.69, 9.17) is 0 Å². The van der Waals surface area contributed by atoms with E-state index in [2.05, 4.69) is 26.8 Å². The van der Waals surface area contributed by atoms with Gasteiger partial charge in [0.05, 0.1) is 9.80 Å². The minimum absolute atomic E-state index is 0.127. The first-order chi connectivity index (χ1) is 10.2. The molecule has 22 heavy (non-hydrogen) atoms. The average molecular weight is 319 g/mol. The van der Waals surface area contributed by atoms with Gasteiger partial charge in [0.25, 0.3) is 0 Å². The third-order valence-electron chi connectivity index (χ3n) is 4.47. The van der Waals surface area contributed by atoms with Gasteiger partial charge in [0.15, 0.2) is 0 Å².